The third-order valence-corrected chi connectivity index (χ3v) is 5.96. The number of anilines is 1. The molecule has 4 aromatic rings. The van der Waals surface area contributed by atoms with Crippen molar-refractivity contribution in [2.45, 2.75) is 20.4 Å². The predicted molar refractivity (Wildman–Crippen MR) is 141 cm³/mol. The molecule has 2 N–H and O–H groups in total. The summed E-state index contributed by atoms with van der Waals surface area (Å²) in [5.74, 6) is 2.68. The summed E-state index contributed by atoms with van der Waals surface area (Å²) in [6, 6.07) is 6.22. The van der Waals surface area contributed by atoms with Gasteiger partial charge in [-0.15, -0.1) is 6.42 Å². The number of fused-ring (bicyclic) bond motifs is 5. The maximum absolute atomic E-state index is 15.4. The first-order valence-electron chi connectivity index (χ1n) is 11.3. The Morgan fingerprint density at radius 1 is 1.32 bits per heavy atom. The van der Waals surface area contributed by atoms with Gasteiger partial charge in [-0.1, -0.05) is 18.1 Å². The van der Waals surface area contributed by atoms with Crippen LogP contribution in [-0.2, 0) is 6.54 Å². The van der Waals surface area contributed by atoms with E-state index < -0.39 is 5.82 Å². The van der Waals surface area contributed by atoms with Crippen LogP contribution in [0.25, 0.3) is 33.4 Å². The van der Waals surface area contributed by atoms with E-state index in [9.17, 15) is 0 Å². The highest BCUT2D eigenvalue weighted by Crippen LogP contribution is 2.46. The molecule has 0 atom stereocenters. The van der Waals surface area contributed by atoms with Gasteiger partial charge in [0.1, 0.15) is 35.8 Å². The van der Waals surface area contributed by atoms with Crippen molar-refractivity contribution in [3.8, 4) is 46.2 Å². The SMILES string of the molecule is C#Cc1cc2c(cn1)-c1c(-c3ccc(OC(N=C)=N/C(C)=C\C)c(F)c3)c3c(N)ncnc3n1CCO2. The number of terminal acetylenes is 1. The van der Waals surface area contributed by atoms with E-state index in [1.54, 1.807) is 31.3 Å². The summed E-state index contributed by atoms with van der Waals surface area (Å²) < 4.78 is 28.9. The third-order valence-electron chi connectivity index (χ3n) is 5.96. The van der Waals surface area contributed by atoms with Gasteiger partial charge in [-0.3, -0.25) is 0 Å². The Bertz CT molecular complexity index is 1660. The van der Waals surface area contributed by atoms with Gasteiger partial charge in [0.05, 0.1) is 23.2 Å². The molecule has 0 saturated heterocycles. The molecule has 10 heteroatoms. The number of allylic oxidation sites excluding steroid dienone is 2. The molecule has 5 rings (SSSR count). The van der Waals surface area contributed by atoms with Crippen LogP contribution in [0.1, 0.15) is 19.5 Å². The van der Waals surface area contributed by atoms with E-state index in [0.29, 0.717) is 58.0 Å². The smallest absolute Gasteiger partial charge is 0.321 e. The molecule has 4 heterocycles. The number of hydrogen-bond donors (Lipinski definition) is 1. The largest absolute Gasteiger partial charge is 0.491 e. The minimum absolute atomic E-state index is 0.0540. The summed E-state index contributed by atoms with van der Waals surface area (Å²) in [7, 11) is 0. The summed E-state index contributed by atoms with van der Waals surface area (Å²) in [5, 5.41) is 0.596. The molecule has 184 valence electrons. The number of rotatable bonds is 3. The van der Waals surface area contributed by atoms with Crippen LogP contribution < -0.4 is 15.2 Å². The van der Waals surface area contributed by atoms with E-state index in [4.69, 9.17) is 21.6 Å². The van der Waals surface area contributed by atoms with Gasteiger partial charge in [-0.05, 0) is 38.3 Å². The van der Waals surface area contributed by atoms with Crippen molar-refractivity contribution in [1.29, 1.82) is 0 Å². The topological polar surface area (TPSA) is 113 Å². The van der Waals surface area contributed by atoms with E-state index in [2.05, 4.69) is 37.6 Å². The van der Waals surface area contributed by atoms with Crippen molar-refractivity contribution in [3.63, 3.8) is 0 Å². The highest BCUT2D eigenvalue weighted by molar-refractivity contribution is 6.08. The van der Waals surface area contributed by atoms with Crippen molar-refractivity contribution >= 4 is 29.6 Å². The van der Waals surface area contributed by atoms with Gasteiger partial charge in [0, 0.05) is 23.5 Å². The van der Waals surface area contributed by atoms with Crippen molar-refractivity contribution in [2.24, 2.45) is 9.98 Å². The van der Waals surface area contributed by atoms with Crippen LogP contribution in [0.2, 0.25) is 0 Å². The second-order valence-electron chi connectivity index (χ2n) is 8.12. The Balaban J connectivity index is 1.72. The van der Waals surface area contributed by atoms with Crippen molar-refractivity contribution in [2.75, 3.05) is 12.3 Å². The van der Waals surface area contributed by atoms with Crippen LogP contribution in [-0.4, -0.2) is 38.9 Å². The number of nitrogen functional groups attached to an aromatic ring is 1. The third kappa shape index (κ3) is 4.16. The summed E-state index contributed by atoms with van der Waals surface area (Å²) in [4.78, 5) is 20.9. The average Bonchev–Trinajstić information content (AvgIpc) is 3.12. The Kier molecular flexibility index (Phi) is 6.11. The maximum Gasteiger partial charge on any atom is 0.321 e. The second-order valence-corrected chi connectivity index (χ2v) is 8.12. The van der Waals surface area contributed by atoms with E-state index in [0.717, 1.165) is 5.69 Å². The summed E-state index contributed by atoms with van der Waals surface area (Å²) in [6.45, 7) is 7.88. The lowest BCUT2D eigenvalue weighted by Crippen LogP contribution is -2.06. The Labute approximate surface area is 212 Å². The number of pyridine rings is 1. The first-order chi connectivity index (χ1) is 17.9. The fraction of sp³-hybridized carbons (Fsp3) is 0.148. The molecule has 0 aliphatic carbocycles. The molecule has 0 bridgehead atoms. The van der Waals surface area contributed by atoms with Crippen LogP contribution in [0.15, 0.2) is 58.5 Å². The average molecular weight is 496 g/mol. The summed E-state index contributed by atoms with van der Waals surface area (Å²) in [6.07, 6.45) is 10.4. The number of hydrogen-bond acceptors (Lipinski definition) is 7. The number of nitrogens with zero attached hydrogens (tertiary/aromatic N) is 6. The van der Waals surface area contributed by atoms with Crippen LogP contribution in [0.5, 0.6) is 11.5 Å². The second kappa shape index (κ2) is 9.54. The van der Waals surface area contributed by atoms with Gasteiger partial charge in [0.25, 0.3) is 0 Å². The van der Waals surface area contributed by atoms with Crippen molar-refractivity contribution in [1.82, 2.24) is 19.5 Å². The molecule has 0 saturated carbocycles. The number of aromatic nitrogens is 4. The van der Waals surface area contributed by atoms with Crippen LogP contribution >= 0.6 is 0 Å². The quantitative estimate of drug-likeness (QED) is 0.252. The number of benzene rings is 1. The normalized spacial score (nSPS) is 13.2. The van der Waals surface area contributed by atoms with E-state index in [-0.39, 0.29) is 17.6 Å². The van der Waals surface area contributed by atoms with Gasteiger partial charge in [-0.2, -0.15) is 0 Å². The summed E-state index contributed by atoms with van der Waals surface area (Å²) >= 11 is 0. The fourth-order valence-corrected chi connectivity index (χ4v) is 4.18. The monoisotopic (exact) mass is 495 g/mol. The molecule has 0 spiro atoms. The van der Waals surface area contributed by atoms with Gasteiger partial charge in [-0.25, -0.2) is 29.3 Å². The molecular formula is C27H22FN7O2. The van der Waals surface area contributed by atoms with Crippen molar-refractivity contribution < 1.29 is 13.9 Å². The predicted octanol–water partition coefficient (Wildman–Crippen LogP) is 4.61. The number of amidine groups is 1. The van der Waals surface area contributed by atoms with Gasteiger partial charge >= 0.3 is 6.02 Å². The molecule has 0 unspecified atom stereocenters. The molecule has 0 fully saturated rings. The van der Waals surface area contributed by atoms with E-state index >= 15 is 4.39 Å². The standard InChI is InChI=1S/C27H22FN7O2/c1-5-15(3)34-27(30-4)37-20-8-7-16(11-19(20)28)22-23-25(29)32-14-33-26(23)35-9-10-36-21-12-17(6-2)31-13-18(21)24(22)35/h2,5,7-8,11-14H,4,9-10H2,1,3H3,(H2,29,32,33)/b15-5-,34-27?. The lowest BCUT2D eigenvalue weighted by atomic mass is 9.98. The Morgan fingerprint density at radius 3 is 2.89 bits per heavy atom. The molecule has 9 nitrogen and oxygen atoms in total. The fourth-order valence-electron chi connectivity index (χ4n) is 4.18. The molecule has 1 aliphatic heterocycles. The molecule has 1 aromatic carbocycles. The van der Waals surface area contributed by atoms with Crippen LogP contribution in [0.3, 0.4) is 0 Å². The number of ether oxygens (including phenoxy) is 2. The zero-order chi connectivity index (χ0) is 26.1. The van der Waals surface area contributed by atoms with Gasteiger partial charge in [0.15, 0.2) is 11.6 Å². The molecule has 3 aromatic heterocycles. The van der Waals surface area contributed by atoms with E-state index in [1.807, 2.05) is 11.5 Å². The molecule has 1 aliphatic rings. The number of aliphatic imine (C=N–C) groups is 2. The minimum atomic E-state index is -0.624. The lowest BCUT2D eigenvalue weighted by molar-refractivity contribution is 0.308. The van der Waals surface area contributed by atoms with E-state index in [1.165, 1.54) is 18.5 Å². The summed E-state index contributed by atoms with van der Waals surface area (Å²) in [5.41, 5.74) is 10.6. The van der Waals surface area contributed by atoms with Gasteiger partial charge in [0.2, 0.25) is 0 Å². The number of nitrogens with two attached hydrogens (primary N) is 1. The number of halogens is 1. The molecule has 0 amide bonds. The van der Waals surface area contributed by atoms with Crippen molar-refractivity contribution in [3.05, 3.63) is 60.1 Å². The molecular weight excluding hydrogens is 473 g/mol. The highest BCUT2D eigenvalue weighted by Gasteiger charge is 2.28. The minimum Gasteiger partial charge on any atom is -0.491 e. The first kappa shape index (κ1) is 23.7. The molecule has 0 radical (unpaired) electrons. The van der Waals surface area contributed by atoms with Crippen LogP contribution in [0, 0.1) is 18.2 Å². The Hall–Kier alpha value is -5.04. The molecule has 37 heavy (non-hydrogen) atoms. The maximum atomic E-state index is 15.4. The first-order valence-corrected chi connectivity index (χ1v) is 11.3. The zero-order valence-electron chi connectivity index (χ0n) is 20.2. The lowest BCUT2D eigenvalue weighted by Gasteiger charge is -2.12. The zero-order valence-corrected chi connectivity index (χ0v) is 20.2. The Morgan fingerprint density at radius 2 is 2.16 bits per heavy atom. The van der Waals surface area contributed by atoms with Gasteiger partial charge < -0.3 is 19.8 Å². The van der Waals surface area contributed by atoms with Crippen LogP contribution in [0.4, 0.5) is 10.2 Å². The highest BCUT2D eigenvalue weighted by atomic mass is 19.1.